The maximum Gasteiger partial charge on any atom is 0.433 e. The Morgan fingerprint density at radius 2 is 1.49 bits per heavy atom. The van der Waals surface area contributed by atoms with E-state index in [4.69, 9.17) is 16.0 Å². The van der Waals surface area contributed by atoms with Gasteiger partial charge in [0, 0.05) is 11.1 Å². The third-order valence-electron chi connectivity index (χ3n) is 5.45. The van der Waals surface area contributed by atoms with Crippen LogP contribution in [0.25, 0.3) is 39.9 Å². The fraction of sp³-hybridized carbons (Fsp3) is 0.115. The van der Waals surface area contributed by atoms with E-state index < -0.39 is 11.9 Å². The first kappa shape index (κ1) is 22.9. The second-order valence-corrected chi connectivity index (χ2v) is 8.45. The van der Waals surface area contributed by atoms with E-state index in [0.717, 1.165) is 17.2 Å². The molecular weight excluding hydrogens is 477 g/mol. The molecule has 5 nitrogen and oxygen atoms in total. The lowest BCUT2D eigenvalue weighted by atomic mass is 10.1. The molecule has 3 heterocycles. The Bertz CT molecular complexity index is 1490. The summed E-state index contributed by atoms with van der Waals surface area (Å²) in [6.45, 7) is 3.89. The first-order chi connectivity index (χ1) is 16.7. The van der Waals surface area contributed by atoms with Crippen LogP contribution in [0.5, 0.6) is 0 Å². The zero-order chi connectivity index (χ0) is 24.7. The van der Waals surface area contributed by atoms with Crippen molar-refractivity contribution in [2.45, 2.75) is 20.0 Å². The van der Waals surface area contributed by atoms with Gasteiger partial charge >= 0.3 is 6.18 Å². The maximum atomic E-state index is 13.8. The Morgan fingerprint density at radius 3 is 2.06 bits per heavy atom. The summed E-state index contributed by atoms with van der Waals surface area (Å²) in [5.41, 5.74) is 3.09. The summed E-state index contributed by atoms with van der Waals surface area (Å²) in [5.74, 6) is -0.102. The van der Waals surface area contributed by atoms with Gasteiger partial charge in [0.2, 0.25) is 0 Å². The van der Waals surface area contributed by atoms with E-state index in [1.54, 1.807) is 6.07 Å². The summed E-state index contributed by atoms with van der Waals surface area (Å²) in [6, 6.07) is 18.9. The quantitative estimate of drug-likeness (QED) is 0.259. The molecule has 9 heteroatoms. The molecule has 5 rings (SSSR count). The van der Waals surface area contributed by atoms with E-state index in [1.807, 2.05) is 62.4 Å². The number of furan rings is 1. The van der Waals surface area contributed by atoms with Gasteiger partial charge in [0.1, 0.15) is 11.4 Å². The lowest BCUT2D eigenvalue weighted by molar-refractivity contribution is -0.141. The molecule has 0 unspecified atom stereocenters. The van der Waals surface area contributed by atoms with Crippen molar-refractivity contribution in [2.24, 2.45) is 0 Å². The summed E-state index contributed by atoms with van der Waals surface area (Å²) in [6.07, 6.45) is -3.35. The number of aryl methyl sites for hydroxylation is 2. The van der Waals surface area contributed by atoms with Gasteiger partial charge in [-0.1, -0.05) is 71.3 Å². The molecule has 0 saturated heterocycles. The van der Waals surface area contributed by atoms with E-state index in [2.05, 4.69) is 15.1 Å². The first-order valence-electron chi connectivity index (χ1n) is 10.6. The fourth-order valence-electron chi connectivity index (χ4n) is 3.63. The molecular formula is C26H18ClF3N4O. The van der Waals surface area contributed by atoms with Crippen molar-refractivity contribution in [1.29, 1.82) is 0 Å². The predicted octanol–water partition coefficient (Wildman–Crippen LogP) is 7.55. The summed E-state index contributed by atoms with van der Waals surface area (Å²) in [5, 5.41) is 4.86. The van der Waals surface area contributed by atoms with Crippen LogP contribution in [0, 0.1) is 13.8 Å². The number of benzene rings is 2. The number of hydrogen-bond donors (Lipinski definition) is 0. The Kier molecular flexibility index (Phi) is 5.68. The van der Waals surface area contributed by atoms with Gasteiger partial charge in [0.25, 0.3) is 5.95 Å². The van der Waals surface area contributed by atoms with Crippen molar-refractivity contribution < 1.29 is 17.6 Å². The van der Waals surface area contributed by atoms with Crippen molar-refractivity contribution in [1.82, 2.24) is 19.7 Å². The third-order valence-corrected chi connectivity index (χ3v) is 5.80. The van der Waals surface area contributed by atoms with Gasteiger partial charge in [-0.3, -0.25) is 0 Å². The van der Waals surface area contributed by atoms with Crippen LogP contribution in [0.2, 0.25) is 5.02 Å². The topological polar surface area (TPSA) is 56.7 Å². The van der Waals surface area contributed by atoms with Crippen LogP contribution in [0.1, 0.15) is 16.8 Å². The van der Waals surface area contributed by atoms with E-state index in [0.29, 0.717) is 22.5 Å². The highest BCUT2D eigenvalue weighted by atomic mass is 35.5. The molecule has 0 fully saturated rings. The molecule has 0 radical (unpaired) electrons. The van der Waals surface area contributed by atoms with E-state index >= 15 is 0 Å². The summed E-state index contributed by atoms with van der Waals surface area (Å²) in [4.78, 5) is 8.18. The van der Waals surface area contributed by atoms with Gasteiger partial charge in [-0.15, -0.1) is 0 Å². The third kappa shape index (κ3) is 4.44. The zero-order valence-corrected chi connectivity index (χ0v) is 19.4. The molecule has 0 aliphatic heterocycles. The molecule has 0 aliphatic rings. The molecule has 0 spiro atoms. The normalized spacial score (nSPS) is 11.7. The molecule has 0 N–H and O–H groups in total. The van der Waals surface area contributed by atoms with Crippen molar-refractivity contribution in [3.63, 3.8) is 0 Å². The molecule has 2 aromatic carbocycles. The smallest absolute Gasteiger partial charge is 0.433 e. The number of hydrogen-bond acceptors (Lipinski definition) is 4. The zero-order valence-electron chi connectivity index (χ0n) is 18.6. The van der Waals surface area contributed by atoms with Gasteiger partial charge in [0.15, 0.2) is 11.5 Å². The first-order valence-corrected chi connectivity index (χ1v) is 11.0. The molecule has 0 amide bonds. The van der Waals surface area contributed by atoms with E-state index in [9.17, 15) is 13.2 Å². The van der Waals surface area contributed by atoms with Gasteiger partial charge < -0.3 is 4.42 Å². The van der Waals surface area contributed by atoms with Crippen LogP contribution in [0.4, 0.5) is 13.2 Å². The highest BCUT2D eigenvalue weighted by molar-refractivity contribution is 6.35. The minimum Gasteiger partial charge on any atom is -0.463 e. The SMILES string of the molecule is Cc1ccc(-c2nn(-c3nc(-c4ccco4)cc(C(F)(F)F)n3)c(-c3ccc(C)cc3)c2Cl)cc1. The predicted molar refractivity (Wildman–Crippen MR) is 127 cm³/mol. The number of nitrogens with zero attached hydrogens (tertiary/aromatic N) is 4. The molecule has 0 bridgehead atoms. The number of halogens is 4. The van der Waals surface area contributed by atoms with Crippen molar-refractivity contribution in [3.8, 4) is 39.9 Å². The van der Waals surface area contributed by atoms with Gasteiger partial charge in [0.05, 0.1) is 17.0 Å². The number of alkyl halides is 3. The van der Waals surface area contributed by atoms with Crippen molar-refractivity contribution in [2.75, 3.05) is 0 Å². The minimum atomic E-state index is -4.71. The lowest BCUT2D eigenvalue weighted by Crippen LogP contribution is -2.14. The molecule has 176 valence electrons. The number of aromatic nitrogens is 4. The van der Waals surface area contributed by atoms with Gasteiger partial charge in [-0.2, -0.15) is 23.0 Å². The van der Waals surface area contributed by atoms with Crippen LogP contribution in [0.15, 0.2) is 77.4 Å². The average molecular weight is 495 g/mol. The second kappa shape index (κ2) is 8.70. The Hall–Kier alpha value is -3.91. The molecule has 3 aromatic heterocycles. The molecule has 35 heavy (non-hydrogen) atoms. The van der Waals surface area contributed by atoms with Crippen LogP contribution < -0.4 is 0 Å². The van der Waals surface area contributed by atoms with Crippen LogP contribution in [-0.2, 0) is 6.18 Å². The molecule has 0 saturated carbocycles. The van der Waals surface area contributed by atoms with E-state index in [-0.39, 0.29) is 22.4 Å². The summed E-state index contributed by atoms with van der Waals surface area (Å²) < 4.78 is 47.9. The Labute approximate surface area is 203 Å². The largest absolute Gasteiger partial charge is 0.463 e. The summed E-state index contributed by atoms with van der Waals surface area (Å²) in [7, 11) is 0. The van der Waals surface area contributed by atoms with Crippen molar-refractivity contribution in [3.05, 3.63) is 94.8 Å². The molecule has 0 atom stereocenters. The van der Waals surface area contributed by atoms with Crippen LogP contribution in [-0.4, -0.2) is 19.7 Å². The van der Waals surface area contributed by atoms with Gasteiger partial charge in [-0.05, 0) is 32.0 Å². The Morgan fingerprint density at radius 1 is 0.857 bits per heavy atom. The maximum absolute atomic E-state index is 13.8. The average Bonchev–Trinajstić information content (AvgIpc) is 3.48. The lowest BCUT2D eigenvalue weighted by Gasteiger charge is -2.12. The van der Waals surface area contributed by atoms with Crippen LogP contribution in [0.3, 0.4) is 0 Å². The highest BCUT2D eigenvalue weighted by Gasteiger charge is 2.35. The molecule has 0 aliphatic carbocycles. The minimum absolute atomic E-state index is 0.0225. The fourth-order valence-corrected chi connectivity index (χ4v) is 3.96. The number of rotatable bonds is 4. The summed E-state index contributed by atoms with van der Waals surface area (Å²) >= 11 is 6.82. The van der Waals surface area contributed by atoms with Crippen LogP contribution >= 0.6 is 11.6 Å². The monoisotopic (exact) mass is 494 g/mol. The second-order valence-electron chi connectivity index (χ2n) is 8.07. The standard InChI is InChI=1S/C26H18ClF3N4O/c1-15-5-9-17(10-6-15)23-22(27)24(18-11-7-16(2)8-12-18)34(33-23)25-31-19(20-4-3-13-35-20)14-21(32-25)26(28,29)30/h3-14H,1-2H3. The van der Waals surface area contributed by atoms with E-state index in [1.165, 1.54) is 17.0 Å². The highest BCUT2D eigenvalue weighted by Crippen LogP contribution is 2.39. The van der Waals surface area contributed by atoms with Gasteiger partial charge in [-0.25, -0.2) is 9.97 Å². The molecule has 5 aromatic rings. The Balaban J connectivity index is 1.79. The van der Waals surface area contributed by atoms with Crippen molar-refractivity contribution >= 4 is 11.6 Å².